The van der Waals surface area contributed by atoms with Crippen molar-refractivity contribution >= 4 is 11.8 Å². The van der Waals surface area contributed by atoms with Crippen LogP contribution in [0.5, 0.6) is 0 Å². The van der Waals surface area contributed by atoms with Gasteiger partial charge in [0.25, 0.3) is 5.56 Å². The molecule has 1 N–H and O–H groups in total. The number of rotatable bonds is 5. The summed E-state index contributed by atoms with van der Waals surface area (Å²) in [5.41, 5.74) is 1.88. The number of fused-ring (bicyclic) bond motifs is 2. The number of nitrogens with one attached hydrogen (secondary N) is 1. The first kappa shape index (κ1) is 18.4. The maximum atomic E-state index is 13.0. The van der Waals surface area contributed by atoms with Crippen molar-refractivity contribution in [3.05, 3.63) is 64.3 Å². The van der Waals surface area contributed by atoms with E-state index in [9.17, 15) is 14.4 Å². The van der Waals surface area contributed by atoms with Crippen molar-refractivity contribution in [1.29, 1.82) is 0 Å². The molecule has 1 saturated carbocycles. The summed E-state index contributed by atoms with van der Waals surface area (Å²) in [6, 6.07) is 7.57. The summed E-state index contributed by atoms with van der Waals surface area (Å²) in [5.74, 6) is -0.0950. The van der Waals surface area contributed by atoms with Crippen LogP contribution in [-0.2, 0) is 22.7 Å². The Balaban J connectivity index is 1.48. The molecule has 1 aliphatic carbocycles. The number of carbonyl (C=O) groups excluding carboxylic acids is 2. The van der Waals surface area contributed by atoms with Crippen molar-refractivity contribution in [3.8, 4) is 0 Å². The standard InChI is InChI=1S/C21H24N4O3/c1-14-4-2-3-5-16(14)11-23-21(28)20-15-6-7-17(10-15)25(20)19(27)13-24-9-8-22-12-18(24)26/h2-5,8-9,12,15,17,20H,6-7,10-11,13H2,1H3,(H,23,28). The molecule has 3 atom stereocenters. The van der Waals surface area contributed by atoms with Crippen molar-refractivity contribution < 1.29 is 9.59 Å². The molecule has 2 heterocycles. The zero-order valence-electron chi connectivity index (χ0n) is 15.9. The molecule has 1 aliphatic heterocycles. The van der Waals surface area contributed by atoms with E-state index in [0.29, 0.717) is 6.54 Å². The highest BCUT2D eigenvalue weighted by molar-refractivity contribution is 5.89. The third-order valence-electron chi connectivity index (χ3n) is 5.96. The van der Waals surface area contributed by atoms with Gasteiger partial charge in [-0.1, -0.05) is 24.3 Å². The minimum atomic E-state index is -0.451. The molecule has 7 heteroatoms. The Hall–Kier alpha value is -2.96. The third-order valence-corrected chi connectivity index (χ3v) is 5.96. The molecule has 0 spiro atoms. The Bertz CT molecular complexity index is 954. The van der Waals surface area contributed by atoms with Gasteiger partial charge in [-0.05, 0) is 43.2 Å². The normalized spacial score (nSPS) is 23.0. The van der Waals surface area contributed by atoms with Gasteiger partial charge < -0.3 is 14.8 Å². The molecule has 4 rings (SSSR count). The Morgan fingerprint density at radius 1 is 1.25 bits per heavy atom. The summed E-state index contributed by atoms with van der Waals surface area (Å²) in [4.78, 5) is 43.3. The van der Waals surface area contributed by atoms with Gasteiger partial charge in [-0.15, -0.1) is 0 Å². The van der Waals surface area contributed by atoms with Gasteiger partial charge in [-0.3, -0.25) is 19.4 Å². The van der Waals surface area contributed by atoms with Crippen LogP contribution in [0.2, 0.25) is 0 Å². The van der Waals surface area contributed by atoms with Crippen LogP contribution in [0, 0.1) is 12.8 Å². The van der Waals surface area contributed by atoms with Gasteiger partial charge >= 0.3 is 0 Å². The van der Waals surface area contributed by atoms with E-state index < -0.39 is 6.04 Å². The highest BCUT2D eigenvalue weighted by atomic mass is 16.2. The molecule has 1 aromatic heterocycles. The maximum Gasteiger partial charge on any atom is 0.269 e. The van der Waals surface area contributed by atoms with Gasteiger partial charge in [0.1, 0.15) is 12.6 Å². The molecule has 146 valence electrons. The van der Waals surface area contributed by atoms with E-state index in [2.05, 4.69) is 10.3 Å². The lowest BCUT2D eigenvalue weighted by molar-refractivity contribution is -0.143. The quantitative estimate of drug-likeness (QED) is 0.846. The second-order valence-corrected chi connectivity index (χ2v) is 7.66. The molecule has 2 bridgehead atoms. The molecule has 7 nitrogen and oxygen atoms in total. The summed E-state index contributed by atoms with van der Waals surface area (Å²) in [6.07, 6.45) is 6.92. The number of carbonyl (C=O) groups is 2. The van der Waals surface area contributed by atoms with E-state index in [0.717, 1.165) is 30.4 Å². The fraction of sp³-hybridized carbons (Fsp3) is 0.429. The predicted octanol–water partition coefficient (Wildman–Crippen LogP) is 1.25. The SMILES string of the molecule is Cc1ccccc1CNC(=O)C1C2CCC(C2)N1C(=O)Cn1ccncc1=O. The molecule has 1 aromatic carbocycles. The Labute approximate surface area is 163 Å². The van der Waals surface area contributed by atoms with E-state index in [4.69, 9.17) is 0 Å². The predicted molar refractivity (Wildman–Crippen MR) is 103 cm³/mol. The molecular weight excluding hydrogens is 356 g/mol. The Morgan fingerprint density at radius 3 is 2.86 bits per heavy atom. The van der Waals surface area contributed by atoms with Crippen molar-refractivity contribution in [2.75, 3.05) is 0 Å². The number of hydrogen-bond donors (Lipinski definition) is 1. The molecule has 3 unspecified atom stereocenters. The Morgan fingerprint density at radius 2 is 2.07 bits per heavy atom. The second kappa shape index (κ2) is 7.58. The van der Waals surface area contributed by atoms with Crippen LogP contribution in [0.1, 0.15) is 30.4 Å². The van der Waals surface area contributed by atoms with Gasteiger partial charge in [0.15, 0.2) is 0 Å². The highest BCUT2D eigenvalue weighted by Crippen LogP contribution is 2.42. The lowest BCUT2D eigenvalue weighted by atomic mass is 9.97. The highest BCUT2D eigenvalue weighted by Gasteiger charge is 2.51. The van der Waals surface area contributed by atoms with Crippen LogP contribution in [-0.4, -0.2) is 38.3 Å². The Kier molecular flexibility index (Phi) is 4.98. The molecule has 2 fully saturated rings. The van der Waals surface area contributed by atoms with E-state index >= 15 is 0 Å². The van der Waals surface area contributed by atoms with Crippen molar-refractivity contribution in [3.63, 3.8) is 0 Å². The van der Waals surface area contributed by atoms with Crippen LogP contribution in [0.25, 0.3) is 0 Å². The van der Waals surface area contributed by atoms with Crippen molar-refractivity contribution in [2.45, 2.75) is 51.4 Å². The van der Waals surface area contributed by atoms with Gasteiger partial charge in [-0.25, -0.2) is 0 Å². The van der Waals surface area contributed by atoms with E-state index in [1.165, 1.54) is 23.2 Å². The number of likely N-dealkylation sites (tertiary alicyclic amines) is 1. The number of aromatic nitrogens is 2. The minimum Gasteiger partial charge on any atom is -0.350 e. The summed E-state index contributed by atoms with van der Waals surface area (Å²) in [7, 11) is 0. The zero-order valence-corrected chi connectivity index (χ0v) is 15.9. The second-order valence-electron chi connectivity index (χ2n) is 7.66. The van der Waals surface area contributed by atoms with Gasteiger partial charge in [0.2, 0.25) is 11.8 Å². The number of benzene rings is 1. The van der Waals surface area contributed by atoms with Crippen LogP contribution in [0.3, 0.4) is 0 Å². The van der Waals surface area contributed by atoms with Gasteiger partial charge in [-0.2, -0.15) is 0 Å². The number of amides is 2. The van der Waals surface area contributed by atoms with E-state index in [1.54, 1.807) is 4.90 Å². The van der Waals surface area contributed by atoms with Crippen LogP contribution in [0.15, 0.2) is 47.7 Å². The number of nitrogens with zero attached hydrogens (tertiary/aromatic N) is 3. The van der Waals surface area contributed by atoms with Crippen molar-refractivity contribution in [2.24, 2.45) is 5.92 Å². The lowest BCUT2D eigenvalue weighted by Gasteiger charge is -2.34. The first-order valence-electron chi connectivity index (χ1n) is 9.68. The molecule has 0 radical (unpaired) electrons. The molecule has 2 amide bonds. The number of aryl methyl sites for hydroxylation is 1. The van der Waals surface area contributed by atoms with Gasteiger partial charge in [0.05, 0.1) is 6.20 Å². The molecule has 2 aliphatic rings. The number of piperidine rings is 1. The maximum absolute atomic E-state index is 13.0. The number of hydrogen-bond acceptors (Lipinski definition) is 4. The zero-order chi connectivity index (χ0) is 19.7. The van der Waals surface area contributed by atoms with Crippen LogP contribution >= 0.6 is 0 Å². The van der Waals surface area contributed by atoms with E-state index in [1.807, 2.05) is 31.2 Å². The van der Waals surface area contributed by atoms with Crippen molar-refractivity contribution in [1.82, 2.24) is 19.8 Å². The summed E-state index contributed by atoms with van der Waals surface area (Å²) in [5, 5.41) is 3.02. The van der Waals surface area contributed by atoms with Crippen LogP contribution < -0.4 is 10.9 Å². The van der Waals surface area contributed by atoms with Gasteiger partial charge in [0, 0.05) is 25.0 Å². The lowest BCUT2D eigenvalue weighted by Crippen LogP contribution is -2.53. The molecule has 28 heavy (non-hydrogen) atoms. The fourth-order valence-electron chi connectivity index (χ4n) is 4.51. The third kappa shape index (κ3) is 3.44. The average Bonchev–Trinajstić information content (AvgIpc) is 3.30. The average molecular weight is 380 g/mol. The fourth-order valence-corrected chi connectivity index (χ4v) is 4.51. The first-order chi connectivity index (χ1) is 13.5. The summed E-state index contributed by atoms with van der Waals surface area (Å²) < 4.78 is 1.34. The molecule has 1 saturated heterocycles. The molecular formula is C21H24N4O3. The summed E-state index contributed by atoms with van der Waals surface area (Å²) in [6.45, 7) is 2.40. The summed E-state index contributed by atoms with van der Waals surface area (Å²) >= 11 is 0. The molecule has 2 aromatic rings. The topological polar surface area (TPSA) is 84.3 Å². The smallest absolute Gasteiger partial charge is 0.269 e. The monoisotopic (exact) mass is 380 g/mol. The van der Waals surface area contributed by atoms with Crippen LogP contribution in [0.4, 0.5) is 0 Å². The largest absolute Gasteiger partial charge is 0.350 e. The van der Waals surface area contributed by atoms with E-state index in [-0.39, 0.29) is 35.9 Å². The first-order valence-corrected chi connectivity index (χ1v) is 9.68. The minimum absolute atomic E-state index is 0.0633.